The van der Waals surface area contributed by atoms with Crippen LogP contribution in [-0.2, 0) is 0 Å². The SMILES string of the molecule is c1ccc(-c2nc3cc(-c4nc(-c5ccc6c(c5)oc5ccccc56)cc(-c5ccc6c(c5)sc5ccccc56)n4)ccc3o2)cc1. The van der Waals surface area contributed by atoms with Gasteiger partial charge in [-0.15, -0.1) is 11.3 Å². The standard InChI is InChI=1S/C41H23N3O2S/c1-2-8-24(9-3-1)41-44-34-20-27(16-19-36(34)46-41)40-42-32(25-14-17-29-28-10-4-6-12-35(28)45-37(29)21-25)23-33(43-40)26-15-18-31-30-11-5-7-13-38(30)47-39(31)22-26/h1-23H. The average Bonchev–Trinajstić information content (AvgIpc) is 3.84. The number of furan rings is 1. The van der Waals surface area contributed by atoms with Gasteiger partial charge in [0.1, 0.15) is 16.7 Å². The third-order valence-electron chi connectivity index (χ3n) is 8.74. The third-order valence-corrected chi connectivity index (χ3v) is 9.88. The van der Waals surface area contributed by atoms with Crippen molar-refractivity contribution in [1.29, 1.82) is 0 Å². The molecule has 0 atom stereocenters. The Bertz CT molecular complexity index is 2680. The summed E-state index contributed by atoms with van der Waals surface area (Å²) in [5.74, 6) is 1.20. The average molecular weight is 622 g/mol. The Morgan fingerprint density at radius 2 is 1.09 bits per heavy atom. The fraction of sp³-hybridized carbons (Fsp3) is 0. The first-order valence-electron chi connectivity index (χ1n) is 15.4. The summed E-state index contributed by atoms with van der Waals surface area (Å²) in [7, 11) is 0. The number of hydrogen-bond donors (Lipinski definition) is 0. The summed E-state index contributed by atoms with van der Waals surface area (Å²) in [6.07, 6.45) is 0. The fourth-order valence-electron chi connectivity index (χ4n) is 6.41. The maximum absolute atomic E-state index is 6.25. The van der Waals surface area contributed by atoms with Crippen molar-refractivity contribution in [2.75, 3.05) is 0 Å². The van der Waals surface area contributed by atoms with Crippen molar-refractivity contribution in [3.8, 4) is 45.4 Å². The molecule has 4 heterocycles. The molecule has 0 radical (unpaired) electrons. The zero-order chi connectivity index (χ0) is 30.9. The molecule has 0 N–H and O–H groups in total. The van der Waals surface area contributed by atoms with Gasteiger partial charge in [0, 0.05) is 53.2 Å². The number of nitrogens with zero attached hydrogens (tertiary/aromatic N) is 3. The van der Waals surface area contributed by atoms with Gasteiger partial charge in [-0.05, 0) is 66.7 Å². The Kier molecular flexibility index (Phi) is 5.68. The molecule has 0 aliphatic rings. The summed E-state index contributed by atoms with van der Waals surface area (Å²) >= 11 is 1.80. The number of oxazole rings is 1. The minimum atomic E-state index is 0.587. The number of hydrogen-bond acceptors (Lipinski definition) is 6. The van der Waals surface area contributed by atoms with Crippen LogP contribution >= 0.6 is 11.3 Å². The van der Waals surface area contributed by atoms with Gasteiger partial charge in [-0.3, -0.25) is 0 Å². The Labute approximate surface area is 272 Å². The minimum Gasteiger partial charge on any atom is -0.456 e. The number of benzene rings is 6. The lowest BCUT2D eigenvalue weighted by atomic mass is 10.0. The molecule has 0 aliphatic heterocycles. The van der Waals surface area contributed by atoms with Crippen molar-refractivity contribution in [1.82, 2.24) is 15.0 Å². The second-order valence-corrected chi connectivity index (χ2v) is 12.7. The van der Waals surface area contributed by atoms with Crippen LogP contribution in [0.1, 0.15) is 0 Å². The summed E-state index contributed by atoms with van der Waals surface area (Å²) in [5.41, 5.74) is 8.62. The molecule has 47 heavy (non-hydrogen) atoms. The van der Waals surface area contributed by atoms with Gasteiger partial charge in [0.05, 0.1) is 11.4 Å². The van der Waals surface area contributed by atoms with Crippen LogP contribution in [0.3, 0.4) is 0 Å². The number of aromatic nitrogens is 3. The number of rotatable bonds is 4. The quantitative estimate of drug-likeness (QED) is 0.196. The van der Waals surface area contributed by atoms with E-state index in [1.54, 1.807) is 11.3 Å². The molecule has 0 saturated carbocycles. The van der Waals surface area contributed by atoms with Crippen molar-refractivity contribution >= 4 is 64.5 Å². The zero-order valence-corrected chi connectivity index (χ0v) is 25.7. The maximum Gasteiger partial charge on any atom is 0.227 e. The molecule has 5 nitrogen and oxygen atoms in total. The predicted octanol–water partition coefficient (Wildman–Crippen LogP) is 11.6. The highest BCUT2D eigenvalue weighted by atomic mass is 32.1. The van der Waals surface area contributed by atoms with Crippen LogP contribution in [0, 0.1) is 0 Å². The number of fused-ring (bicyclic) bond motifs is 7. The molecule has 0 unspecified atom stereocenters. The summed E-state index contributed by atoms with van der Waals surface area (Å²) < 4.78 is 14.9. The fourth-order valence-corrected chi connectivity index (χ4v) is 7.56. The zero-order valence-electron chi connectivity index (χ0n) is 24.8. The van der Waals surface area contributed by atoms with Crippen molar-refractivity contribution in [3.63, 3.8) is 0 Å². The summed E-state index contributed by atoms with van der Waals surface area (Å²) in [6.45, 7) is 0. The van der Waals surface area contributed by atoms with Crippen LogP contribution in [0.5, 0.6) is 0 Å². The molecule has 220 valence electrons. The lowest BCUT2D eigenvalue weighted by Crippen LogP contribution is -1.96. The minimum absolute atomic E-state index is 0.587. The van der Waals surface area contributed by atoms with Crippen LogP contribution < -0.4 is 0 Å². The van der Waals surface area contributed by atoms with E-state index in [1.807, 2.05) is 66.7 Å². The van der Waals surface area contributed by atoms with Gasteiger partial charge >= 0.3 is 0 Å². The Morgan fingerprint density at radius 1 is 0.404 bits per heavy atom. The van der Waals surface area contributed by atoms with Gasteiger partial charge in [-0.2, -0.15) is 0 Å². The molecule has 0 fully saturated rings. The molecule has 6 heteroatoms. The molecular weight excluding hydrogens is 599 g/mol. The molecule has 10 rings (SSSR count). The molecule has 10 aromatic rings. The van der Waals surface area contributed by atoms with Crippen LogP contribution in [0.4, 0.5) is 0 Å². The van der Waals surface area contributed by atoms with Crippen molar-refractivity contribution in [3.05, 3.63) is 140 Å². The van der Waals surface area contributed by atoms with Gasteiger partial charge in [-0.1, -0.05) is 72.8 Å². The smallest absolute Gasteiger partial charge is 0.227 e. The topological polar surface area (TPSA) is 65.0 Å². The first-order chi connectivity index (χ1) is 23.2. The maximum atomic E-state index is 6.25. The lowest BCUT2D eigenvalue weighted by Gasteiger charge is -2.10. The monoisotopic (exact) mass is 621 g/mol. The molecule has 6 aromatic carbocycles. The van der Waals surface area contributed by atoms with Gasteiger partial charge in [0.2, 0.25) is 5.89 Å². The van der Waals surface area contributed by atoms with Crippen LogP contribution in [0.25, 0.3) is 98.6 Å². The van der Waals surface area contributed by atoms with Crippen molar-refractivity contribution < 1.29 is 8.83 Å². The van der Waals surface area contributed by atoms with Crippen LogP contribution in [0.2, 0.25) is 0 Å². The second-order valence-electron chi connectivity index (χ2n) is 11.6. The highest BCUT2D eigenvalue weighted by Crippen LogP contribution is 2.38. The molecule has 4 aromatic heterocycles. The molecule has 0 saturated heterocycles. The number of thiophene rings is 1. The molecule has 0 aliphatic carbocycles. The van der Waals surface area contributed by atoms with Gasteiger partial charge in [-0.25, -0.2) is 15.0 Å². The first-order valence-corrected chi connectivity index (χ1v) is 16.2. The number of para-hydroxylation sites is 1. The van der Waals surface area contributed by atoms with Crippen molar-refractivity contribution in [2.24, 2.45) is 0 Å². The molecule has 0 spiro atoms. The third kappa shape index (κ3) is 4.34. The highest BCUT2D eigenvalue weighted by molar-refractivity contribution is 7.25. The van der Waals surface area contributed by atoms with E-state index in [0.717, 1.165) is 66.7 Å². The largest absolute Gasteiger partial charge is 0.456 e. The normalized spacial score (nSPS) is 11.8. The van der Waals surface area contributed by atoms with Gasteiger partial charge in [0.15, 0.2) is 11.4 Å². The van der Waals surface area contributed by atoms with E-state index in [2.05, 4.69) is 72.8 Å². The Morgan fingerprint density at radius 3 is 1.96 bits per heavy atom. The Hall–Kier alpha value is -6.11. The van der Waals surface area contributed by atoms with E-state index in [-0.39, 0.29) is 0 Å². The Balaban J connectivity index is 1.15. The molecule has 0 amide bonds. The van der Waals surface area contributed by atoms with E-state index in [0.29, 0.717) is 11.7 Å². The van der Waals surface area contributed by atoms with Crippen LogP contribution in [0.15, 0.2) is 148 Å². The lowest BCUT2D eigenvalue weighted by molar-refractivity contribution is 0.620. The predicted molar refractivity (Wildman–Crippen MR) is 192 cm³/mol. The van der Waals surface area contributed by atoms with E-state index in [1.165, 1.54) is 20.2 Å². The highest BCUT2D eigenvalue weighted by Gasteiger charge is 2.16. The van der Waals surface area contributed by atoms with E-state index in [4.69, 9.17) is 23.8 Å². The summed E-state index contributed by atoms with van der Waals surface area (Å²) in [5, 5.41) is 4.72. The van der Waals surface area contributed by atoms with Crippen molar-refractivity contribution in [2.45, 2.75) is 0 Å². The molecule has 0 bridgehead atoms. The second kappa shape index (κ2) is 10.2. The van der Waals surface area contributed by atoms with E-state index < -0.39 is 0 Å². The van der Waals surface area contributed by atoms with Gasteiger partial charge in [0.25, 0.3) is 0 Å². The van der Waals surface area contributed by atoms with E-state index >= 15 is 0 Å². The van der Waals surface area contributed by atoms with E-state index in [9.17, 15) is 0 Å². The molecular formula is C41H23N3O2S. The first kappa shape index (κ1) is 26.1. The van der Waals surface area contributed by atoms with Gasteiger partial charge < -0.3 is 8.83 Å². The summed E-state index contributed by atoms with van der Waals surface area (Å²) in [6, 6.07) is 47.6. The summed E-state index contributed by atoms with van der Waals surface area (Å²) in [4.78, 5) is 15.1. The van der Waals surface area contributed by atoms with Crippen LogP contribution in [-0.4, -0.2) is 15.0 Å².